The topological polar surface area (TPSA) is 29.5 Å². The first-order valence-electron chi connectivity index (χ1n) is 8.29. The van der Waals surface area contributed by atoms with Crippen molar-refractivity contribution in [3.05, 3.63) is 59.4 Å². The molecule has 0 aliphatic carbocycles. The van der Waals surface area contributed by atoms with Gasteiger partial charge in [-0.15, -0.1) is 0 Å². The van der Waals surface area contributed by atoms with Crippen molar-refractivity contribution in [2.75, 3.05) is 26.3 Å². The number of nitrogens with zero attached hydrogens (tertiary/aromatic N) is 1. The normalized spacial score (nSPS) is 16.8. The number of halogens is 1. The van der Waals surface area contributed by atoms with Crippen LogP contribution in [0.15, 0.2) is 42.5 Å². The third-order valence-electron chi connectivity index (χ3n) is 4.66. The second-order valence-corrected chi connectivity index (χ2v) is 6.19. The van der Waals surface area contributed by atoms with Crippen molar-refractivity contribution in [1.29, 1.82) is 0 Å². The summed E-state index contributed by atoms with van der Waals surface area (Å²) in [5.41, 5.74) is 3.26. The van der Waals surface area contributed by atoms with E-state index in [1.807, 2.05) is 12.1 Å². The van der Waals surface area contributed by atoms with E-state index in [9.17, 15) is 9.18 Å². The Morgan fingerprint density at radius 3 is 2.42 bits per heavy atom. The Morgan fingerprint density at radius 1 is 1.12 bits per heavy atom. The van der Waals surface area contributed by atoms with Crippen LogP contribution in [-0.4, -0.2) is 37.0 Å². The van der Waals surface area contributed by atoms with Gasteiger partial charge in [-0.1, -0.05) is 24.3 Å². The largest absolute Gasteiger partial charge is 0.379 e. The molecular weight excluding hydrogens is 305 g/mol. The fourth-order valence-electron chi connectivity index (χ4n) is 3.18. The summed E-state index contributed by atoms with van der Waals surface area (Å²) in [6, 6.07) is 12.7. The van der Waals surface area contributed by atoms with Crippen LogP contribution in [0.3, 0.4) is 0 Å². The van der Waals surface area contributed by atoms with Gasteiger partial charge in [0.15, 0.2) is 5.78 Å². The standard InChI is InChI=1S/C20H22FNO2/c1-14(22-9-11-24-12-10-22)16-3-5-17(6-4-16)20-13-18(21)7-8-19(20)15(2)23/h3-8,13-14H,9-12H2,1-2H3/t14-/m1/s1. The minimum atomic E-state index is -0.333. The molecule has 4 heteroatoms. The number of ether oxygens (including phenoxy) is 1. The number of carbonyl (C=O) groups excluding carboxylic acids is 1. The minimum Gasteiger partial charge on any atom is -0.379 e. The third-order valence-corrected chi connectivity index (χ3v) is 4.66. The van der Waals surface area contributed by atoms with E-state index in [1.54, 1.807) is 6.07 Å². The fourth-order valence-corrected chi connectivity index (χ4v) is 3.18. The first kappa shape index (κ1) is 16.8. The molecule has 1 fully saturated rings. The second kappa shape index (κ2) is 7.24. The minimum absolute atomic E-state index is 0.0595. The highest BCUT2D eigenvalue weighted by molar-refractivity contribution is 6.00. The lowest BCUT2D eigenvalue weighted by Crippen LogP contribution is -2.37. The molecule has 2 aromatic carbocycles. The average Bonchev–Trinajstić information content (AvgIpc) is 2.61. The maximum Gasteiger partial charge on any atom is 0.160 e. The SMILES string of the molecule is CC(=O)c1ccc(F)cc1-c1ccc([C@@H](C)N2CCOCC2)cc1. The van der Waals surface area contributed by atoms with Gasteiger partial charge in [-0.2, -0.15) is 0 Å². The van der Waals surface area contributed by atoms with Crippen LogP contribution in [0.4, 0.5) is 4.39 Å². The molecule has 0 bridgehead atoms. The van der Waals surface area contributed by atoms with E-state index in [0.717, 1.165) is 31.9 Å². The summed E-state index contributed by atoms with van der Waals surface area (Å²) in [4.78, 5) is 14.2. The van der Waals surface area contributed by atoms with E-state index in [0.29, 0.717) is 17.2 Å². The summed E-state index contributed by atoms with van der Waals surface area (Å²) >= 11 is 0. The van der Waals surface area contributed by atoms with Crippen molar-refractivity contribution in [1.82, 2.24) is 4.90 Å². The lowest BCUT2D eigenvalue weighted by molar-refractivity contribution is 0.0198. The number of hydrogen-bond acceptors (Lipinski definition) is 3. The van der Waals surface area contributed by atoms with Gasteiger partial charge < -0.3 is 4.74 Å². The first-order valence-corrected chi connectivity index (χ1v) is 8.29. The number of rotatable bonds is 4. The van der Waals surface area contributed by atoms with Crippen LogP contribution in [-0.2, 0) is 4.74 Å². The molecule has 1 aliphatic heterocycles. The molecule has 0 unspecified atom stereocenters. The van der Waals surface area contributed by atoms with Crippen molar-refractivity contribution < 1.29 is 13.9 Å². The molecule has 1 atom stereocenters. The van der Waals surface area contributed by atoms with Crippen LogP contribution in [0.2, 0.25) is 0 Å². The van der Waals surface area contributed by atoms with Gasteiger partial charge in [0, 0.05) is 24.7 Å². The molecule has 0 amide bonds. The molecule has 0 radical (unpaired) electrons. The molecule has 0 spiro atoms. The highest BCUT2D eigenvalue weighted by Gasteiger charge is 2.18. The quantitative estimate of drug-likeness (QED) is 0.792. The maximum absolute atomic E-state index is 13.6. The Bertz CT molecular complexity index is 721. The number of benzene rings is 2. The molecule has 1 saturated heterocycles. The molecule has 24 heavy (non-hydrogen) atoms. The Morgan fingerprint density at radius 2 is 1.79 bits per heavy atom. The molecule has 126 valence electrons. The molecule has 1 aliphatic rings. The van der Waals surface area contributed by atoms with Gasteiger partial charge >= 0.3 is 0 Å². The van der Waals surface area contributed by atoms with Crippen molar-refractivity contribution in [3.8, 4) is 11.1 Å². The number of Topliss-reactive ketones (excluding diaryl/α,β-unsaturated/α-hetero) is 1. The van der Waals surface area contributed by atoms with E-state index < -0.39 is 0 Å². The van der Waals surface area contributed by atoms with Gasteiger partial charge in [-0.05, 0) is 48.7 Å². The molecule has 0 aromatic heterocycles. The van der Waals surface area contributed by atoms with E-state index in [1.165, 1.54) is 24.6 Å². The van der Waals surface area contributed by atoms with Gasteiger partial charge in [0.1, 0.15) is 5.82 Å². The van der Waals surface area contributed by atoms with E-state index >= 15 is 0 Å². The fraction of sp³-hybridized carbons (Fsp3) is 0.350. The van der Waals surface area contributed by atoms with Gasteiger partial charge in [0.2, 0.25) is 0 Å². The van der Waals surface area contributed by atoms with Gasteiger partial charge in [-0.25, -0.2) is 4.39 Å². The van der Waals surface area contributed by atoms with Gasteiger partial charge in [0.25, 0.3) is 0 Å². The lowest BCUT2D eigenvalue weighted by atomic mass is 9.95. The zero-order valence-electron chi connectivity index (χ0n) is 14.1. The van der Waals surface area contributed by atoms with Gasteiger partial charge in [0.05, 0.1) is 13.2 Å². The number of morpholine rings is 1. The molecule has 3 nitrogen and oxygen atoms in total. The molecule has 1 heterocycles. The van der Waals surface area contributed by atoms with Crippen molar-refractivity contribution in [2.24, 2.45) is 0 Å². The Labute approximate surface area is 142 Å². The predicted octanol–water partition coefficient (Wildman–Crippen LogP) is 4.09. The second-order valence-electron chi connectivity index (χ2n) is 6.19. The molecule has 0 saturated carbocycles. The lowest BCUT2D eigenvalue weighted by Gasteiger charge is -2.32. The Balaban J connectivity index is 1.87. The monoisotopic (exact) mass is 327 g/mol. The van der Waals surface area contributed by atoms with Crippen molar-refractivity contribution >= 4 is 5.78 Å². The molecule has 3 rings (SSSR count). The van der Waals surface area contributed by atoms with Crippen LogP contribution < -0.4 is 0 Å². The highest BCUT2D eigenvalue weighted by atomic mass is 19.1. The number of hydrogen-bond donors (Lipinski definition) is 0. The van der Waals surface area contributed by atoms with E-state index in [4.69, 9.17) is 4.74 Å². The third kappa shape index (κ3) is 3.55. The van der Waals surface area contributed by atoms with Crippen molar-refractivity contribution in [2.45, 2.75) is 19.9 Å². The van der Waals surface area contributed by atoms with Crippen LogP contribution in [0.5, 0.6) is 0 Å². The summed E-state index contributed by atoms with van der Waals surface area (Å²) in [5, 5.41) is 0. The zero-order chi connectivity index (χ0) is 17.1. The summed E-state index contributed by atoms with van der Waals surface area (Å²) < 4.78 is 19.0. The summed E-state index contributed by atoms with van der Waals surface area (Å²) in [7, 11) is 0. The van der Waals surface area contributed by atoms with Crippen LogP contribution >= 0.6 is 0 Å². The van der Waals surface area contributed by atoms with Crippen LogP contribution in [0, 0.1) is 5.82 Å². The zero-order valence-corrected chi connectivity index (χ0v) is 14.1. The summed E-state index contributed by atoms with van der Waals surface area (Å²) in [6.45, 7) is 7.10. The van der Waals surface area contributed by atoms with Crippen molar-refractivity contribution in [3.63, 3.8) is 0 Å². The highest BCUT2D eigenvalue weighted by Crippen LogP contribution is 2.28. The maximum atomic E-state index is 13.6. The first-order chi connectivity index (χ1) is 11.6. The number of ketones is 1. The Kier molecular flexibility index (Phi) is 5.07. The van der Waals surface area contributed by atoms with Gasteiger partial charge in [-0.3, -0.25) is 9.69 Å². The molecule has 2 aromatic rings. The molecular formula is C20H22FNO2. The predicted molar refractivity (Wildman–Crippen MR) is 92.6 cm³/mol. The average molecular weight is 327 g/mol. The molecule has 0 N–H and O–H groups in total. The van der Waals surface area contributed by atoms with E-state index in [2.05, 4.69) is 24.0 Å². The van der Waals surface area contributed by atoms with Crippen LogP contribution in [0.25, 0.3) is 11.1 Å². The Hall–Kier alpha value is -2.04. The summed E-state index contributed by atoms with van der Waals surface area (Å²) in [5.74, 6) is -0.392. The smallest absolute Gasteiger partial charge is 0.160 e. The summed E-state index contributed by atoms with van der Waals surface area (Å²) in [6.07, 6.45) is 0. The van der Waals surface area contributed by atoms with Crippen LogP contribution in [0.1, 0.15) is 35.8 Å². The number of carbonyl (C=O) groups is 1. The van der Waals surface area contributed by atoms with E-state index in [-0.39, 0.29) is 11.6 Å².